The molecule has 0 aliphatic carbocycles. The molecule has 78 valence electrons. The fourth-order valence-corrected chi connectivity index (χ4v) is 0.792. The van der Waals surface area contributed by atoms with Crippen LogP contribution in [0.4, 0.5) is 0 Å². The average molecular weight is 187 g/mol. The van der Waals surface area contributed by atoms with Crippen molar-refractivity contribution in [2.24, 2.45) is 11.7 Å². The van der Waals surface area contributed by atoms with Crippen LogP contribution in [0.25, 0.3) is 0 Å². The van der Waals surface area contributed by atoms with Crippen LogP contribution >= 0.6 is 0 Å². The third-order valence-electron chi connectivity index (χ3n) is 1.79. The largest absolute Gasteiger partial charge is 0.355 e. The van der Waals surface area contributed by atoms with Gasteiger partial charge in [0.2, 0.25) is 5.91 Å². The molecule has 13 heavy (non-hydrogen) atoms. The van der Waals surface area contributed by atoms with Crippen molar-refractivity contribution >= 4 is 5.91 Å². The van der Waals surface area contributed by atoms with Crippen LogP contribution in [0.1, 0.15) is 20.8 Å². The molecule has 1 amide bonds. The minimum absolute atomic E-state index is 0.0620. The van der Waals surface area contributed by atoms with Crippen molar-refractivity contribution in [1.82, 2.24) is 10.6 Å². The number of carbonyl (C=O) groups is 1. The highest BCUT2D eigenvalue weighted by molar-refractivity contribution is 5.77. The van der Waals surface area contributed by atoms with E-state index in [-0.39, 0.29) is 11.8 Å². The maximum absolute atomic E-state index is 11.1. The van der Waals surface area contributed by atoms with Gasteiger partial charge in [0.15, 0.2) is 0 Å². The molecule has 0 spiro atoms. The van der Waals surface area contributed by atoms with Gasteiger partial charge in [0.05, 0.1) is 0 Å². The number of hydrogen-bond acceptors (Lipinski definition) is 3. The minimum Gasteiger partial charge on any atom is -0.355 e. The smallest absolute Gasteiger partial charge is 0.222 e. The Hall–Kier alpha value is -0.610. The van der Waals surface area contributed by atoms with E-state index in [1.54, 1.807) is 0 Å². The monoisotopic (exact) mass is 187 g/mol. The van der Waals surface area contributed by atoms with Crippen molar-refractivity contribution in [2.45, 2.75) is 26.8 Å². The second-order valence-corrected chi connectivity index (χ2v) is 3.54. The molecule has 0 saturated heterocycles. The predicted octanol–water partition coefficient (Wildman–Crippen LogP) is -0.305. The zero-order valence-electron chi connectivity index (χ0n) is 8.76. The summed E-state index contributed by atoms with van der Waals surface area (Å²) >= 11 is 0. The van der Waals surface area contributed by atoms with Crippen molar-refractivity contribution < 1.29 is 4.79 Å². The van der Waals surface area contributed by atoms with Crippen molar-refractivity contribution in [2.75, 3.05) is 19.6 Å². The fourth-order valence-electron chi connectivity index (χ4n) is 0.792. The highest BCUT2D eigenvalue weighted by atomic mass is 16.1. The highest BCUT2D eigenvalue weighted by Gasteiger charge is 2.04. The van der Waals surface area contributed by atoms with E-state index in [1.807, 2.05) is 20.8 Å². The molecule has 4 N–H and O–H groups in total. The van der Waals surface area contributed by atoms with Crippen molar-refractivity contribution in [1.29, 1.82) is 0 Å². The summed E-state index contributed by atoms with van der Waals surface area (Å²) in [6.07, 6.45) is 0. The van der Waals surface area contributed by atoms with Crippen LogP contribution in [0.2, 0.25) is 0 Å². The molecule has 4 heteroatoms. The molecule has 0 aromatic heterocycles. The van der Waals surface area contributed by atoms with E-state index in [0.717, 1.165) is 6.54 Å². The molecular formula is C9H21N3O. The van der Waals surface area contributed by atoms with Crippen molar-refractivity contribution in [3.8, 4) is 0 Å². The van der Waals surface area contributed by atoms with E-state index in [9.17, 15) is 4.79 Å². The van der Waals surface area contributed by atoms with E-state index < -0.39 is 0 Å². The molecule has 0 bridgehead atoms. The summed E-state index contributed by atoms with van der Waals surface area (Å²) in [5.41, 5.74) is 5.41. The molecule has 0 saturated carbocycles. The zero-order valence-corrected chi connectivity index (χ0v) is 8.76. The quantitative estimate of drug-likeness (QED) is 0.500. The molecule has 0 fully saturated rings. The molecule has 0 aromatic rings. The van der Waals surface area contributed by atoms with E-state index in [1.165, 1.54) is 0 Å². The van der Waals surface area contributed by atoms with Gasteiger partial charge in [0.25, 0.3) is 0 Å². The second kappa shape index (κ2) is 6.86. The summed E-state index contributed by atoms with van der Waals surface area (Å²) < 4.78 is 0. The molecule has 0 heterocycles. The van der Waals surface area contributed by atoms with Gasteiger partial charge in [-0.2, -0.15) is 0 Å². The zero-order chi connectivity index (χ0) is 10.3. The first kappa shape index (κ1) is 12.4. The number of hydrogen-bond donors (Lipinski definition) is 3. The van der Waals surface area contributed by atoms with Crippen LogP contribution in [-0.4, -0.2) is 31.6 Å². The van der Waals surface area contributed by atoms with Crippen molar-refractivity contribution in [3.05, 3.63) is 0 Å². The molecule has 0 radical (unpaired) electrons. The molecule has 0 aliphatic heterocycles. The van der Waals surface area contributed by atoms with Gasteiger partial charge in [-0.1, -0.05) is 13.8 Å². The standard InChI is InChI=1S/C9H21N3O/c1-7(2)9(13)12-5-4-11-8(3)6-10/h7-8,11H,4-6,10H2,1-3H3,(H,12,13). The van der Waals surface area contributed by atoms with Gasteiger partial charge in [-0.15, -0.1) is 0 Å². The van der Waals surface area contributed by atoms with Gasteiger partial charge >= 0.3 is 0 Å². The molecule has 1 unspecified atom stereocenters. The Morgan fingerprint density at radius 3 is 2.38 bits per heavy atom. The van der Waals surface area contributed by atoms with E-state index in [4.69, 9.17) is 5.73 Å². The molecule has 0 aromatic carbocycles. The van der Waals surface area contributed by atoms with Crippen LogP contribution in [0, 0.1) is 5.92 Å². The SMILES string of the molecule is CC(CN)NCCNC(=O)C(C)C. The highest BCUT2D eigenvalue weighted by Crippen LogP contribution is 1.88. The first-order valence-corrected chi connectivity index (χ1v) is 4.79. The topological polar surface area (TPSA) is 67.2 Å². The van der Waals surface area contributed by atoms with Crippen LogP contribution < -0.4 is 16.4 Å². The number of rotatable bonds is 6. The molecule has 0 rings (SSSR count). The summed E-state index contributed by atoms with van der Waals surface area (Å²) in [5.74, 6) is 0.161. The first-order valence-electron chi connectivity index (χ1n) is 4.79. The summed E-state index contributed by atoms with van der Waals surface area (Å²) in [5, 5.41) is 6.01. The van der Waals surface area contributed by atoms with Crippen LogP contribution in [0.5, 0.6) is 0 Å². The maximum atomic E-state index is 11.1. The maximum Gasteiger partial charge on any atom is 0.222 e. The summed E-state index contributed by atoms with van der Waals surface area (Å²) in [4.78, 5) is 11.1. The van der Waals surface area contributed by atoms with Crippen LogP contribution in [0.3, 0.4) is 0 Å². The lowest BCUT2D eigenvalue weighted by molar-refractivity contribution is -0.123. The summed E-state index contributed by atoms with van der Waals surface area (Å²) in [6.45, 7) is 7.84. The van der Waals surface area contributed by atoms with Crippen LogP contribution in [-0.2, 0) is 4.79 Å². The Morgan fingerprint density at radius 1 is 1.31 bits per heavy atom. The molecule has 1 atom stereocenters. The molecule has 0 aliphatic rings. The predicted molar refractivity (Wildman–Crippen MR) is 54.4 cm³/mol. The lowest BCUT2D eigenvalue weighted by Gasteiger charge is -2.12. The number of nitrogens with one attached hydrogen (secondary N) is 2. The second-order valence-electron chi connectivity index (χ2n) is 3.54. The van der Waals surface area contributed by atoms with Gasteiger partial charge in [0, 0.05) is 31.6 Å². The molecular weight excluding hydrogens is 166 g/mol. The normalized spacial score (nSPS) is 13.0. The third-order valence-corrected chi connectivity index (χ3v) is 1.79. The lowest BCUT2D eigenvalue weighted by atomic mass is 10.2. The van der Waals surface area contributed by atoms with E-state index in [0.29, 0.717) is 19.1 Å². The average Bonchev–Trinajstić information content (AvgIpc) is 2.11. The van der Waals surface area contributed by atoms with Gasteiger partial charge < -0.3 is 16.4 Å². The summed E-state index contributed by atoms with van der Waals surface area (Å²) in [6, 6.07) is 0.316. The van der Waals surface area contributed by atoms with Gasteiger partial charge in [-0.05, 0) is 6.92 Å². The fraction of sp³-hybridized carbons (Fsp3) is 0.889. The summed E-state index contributed by atoms with van der Waals surface area (Å²) in [7, 11) is 0. The Morgan fingerprint density at radius 2 is 1.92 bits per heavy atom. The first-order chi connectivity index (χ1) is 6.07. The van der Waals surface area contributed by atoms with Gasteiger partial charge in [0.1, 0.15) is 0 Å². The number of amides is 1. The van der Waals surface area contributed by atoms with Crippen molar-refractivity contribution in [3.63, 3.8) is 0 Å². The molecule has 4 nitrogen and oxygen atoms in total. The van der Waals surface area contributed by atoms with Gasteiger partial charge in [-0.3, -0.25) is 4.79 Å². The number of nitrogens with two attached hydrogens (primary N) is 1. The van der Waals surface area contributed by atoms with E-state index in [2.05, 4.69) is 10.6 Å². The third kappa shape index (κ3) is 6.54. The minimum atomic E-state index is 0.0620. The number of carbonyl (C=O) groups excluding carboxylic acids is 1. The van der Waals surface area contributed by atoms with Gasteiger partial charge in [-0.25, -0.2) is 0 Å². The van der Waals surface area contributed by atoms with E-state index >= 15 is 0 Å². The Kier molecular flexibility index (Phi) is 6.54. The Balaban J connectivity index is 3.31. The lowest BCUT2D eigenvalue weighted by Crippen LogP contribution is -2.39. The Bertz CT molecular complexity index is 148. The van der Waals surface area contributed by atoms with Crippen LogP contribution in [0.15, 0.2) is 0 Å². The Labute approximate surface area is 80.3 Å².